The Balaban J connectivity index is 0.00000361. The molecule has 0 fully saturated rings. The first-order valence-corrected chi connectivity index (χ1v) is 16.5. The molecule has 0 amide bonds. The molecule has 3 atom stereocenters. The Labute approximate surface area is 303 Å². The second-order valence-corrected chi connectivity index (χ2v) is 12.6. The summed E-state index contributed by atoms with van der Waals surface area (Å²) in [5.41, 5.74) is 11.0. The van der Waals surface area contributed by atoms with Crippen LogP contribution in [0.5, 0.6) is 0 Å². The average Bonchev–Trinajstić information content (AvgIpc) is 3.98. The van der Waals surface area contributed by atoms with E-state index in [2.05, 4.69) is 71.6 Å². The van der Waals surface area contributed by atoms with Gasteiger partial charge in [-0.2, -0.15) is 0 Å². The fourth-order valence-corrected chi connectivity index (χ4v) is 7.40. The van der Waals surface area contributed by atoms with E-state index >= 15 is 0 Å². The zero-order chi connectivity index (χ0) is 32.7. The monoisotopic (exact) mass is 711 g/mol. The maximum absolute atomic E-state index is 7.21. The summed E-state index contributed by atoms with van der Waals surface area (Å²) in [4.78, 5) is 30.2. The molecule has 50 heavy (non-hydrogen) atoms. The molecule has 0 spiro atoms. The molecular formula is C40H29ClMnN8. The minimum atomic E-state index is -0.366. The third-order valence-electron chi connectivity index (χ3n) is 9.31. The fourth-order valence-electron chi connectivity index (χ4n) is 7.12. The number of fused-ring (bicyclic) bond motifs is 7. The van der Waals surface area contributed by atoms with Crippen molar-refractivity contribution in [1.29, 1.82) is 0 Å². The standard InChI is InChI=1S/C40H29ClN8.Mn/c41-28-23-35-38(26-11-19-44-20-12-26)33-4-3-31(47-33)36(24-7-15-42-16-8-24)29-1-2-30(46-29)37(25-9-17-43-18-10-25)32-5-6-34(48-32)39(40(28)49-35)27-13-21-45-22-14-27;/h1-23,29,39-40,46-48H;/b36-31-,37-30-,38-33-;. The number of nitrogens with zero attached hydrogens (tertiary/aromatic N) is 5. The van der Waals surface area contributed by atoms with E-state index in [4.69, 9.17) is 16.6 Å². The predicted octanol–water partition coefficient (Wildman–Crippen LogP) is 5.40. The van der Waals surface area contributed by atoms with Crippen LogP contribution < -0.4 is 16.0 Å². The third kappa shape index (κ3) is 5.65. The predicted molar refractivity (Wildman–Crippen MR) is 192 cm³/mol. The molecular weight excluding hydrogens is 683 g/mol. The Morgan fingerprint density at radius 2 is 1.20 bits per heavy atom. The molecule has 9 heterocycles. The summed E-state index contributed by atoms with van der Waals surface area (Å²) in [5, 5.41) is 6.44. The van der Waals surface area contributed by atoms with Crippen molar-refractivity contribution in [3.8, 4) is 0 Å². The molecule has 243 valence electrons. The molecule has 8 nitrogen and oxygen atoms in total. The molecule has 3 unspecified atom stereocenters. The Hall–Kier alpha value is -5.60. The Kier molecular flexibility index (Phi) is 8.46. The van der Waals surface area contributed by atoms with E-state index in [0.29, 0.717) is 5.03 Å². The van der Waals surface area contributed by atoms with Gasteiger partial charge in [0, 0.05) is 116 Å². The summed E-state index contributed by atoms with van der Waals surface area (Å²) < 4.78 is 0. The van der Waals surface area contributed by atoms with Crippen LogP contribution in [-0.2, 0) is 17.1 Å². The molecule has 0 saturated carbocycles. The maximum Gasteiger partial charge on any atom is 0.0985 e. The van der Waals surface area contributed by atoms with E-state index in [1.54, 1.807) is 12.4 Å². The number of nitrogens with one attached hydrogen (secondary N) is 3. The van der Waals surface area contributed by atoms with E-state index in [-0.39, 0.29) is 35.1 Å². The summed E-state index contributed by atoms with van der Waals surface area (Å²) in [6, 6.07) is 24.3. The molecule has 10 heteroatoms. The van der Waals surface area contributed by atoms with Crippen molar-refractivity contribution in [2.75, 3.05) is 0 Å². The molecule has 6 aromatic rings. The topological polar surface area (TPSA) is 108 Å². The Morgan fingerprint density at radius 3 is 1.88 bits per heavy atom. The van der Waals surface area contributed by atoms with Gasteiger partial charge in [-0.25, -0.2) is 0 Å². The first kappa shape index (κ1) is 31.7. The first-order valence-electron chi connectivity index (χ1n) is 16.1. The normalized spacial score (nSPS) is 23.1. The van der Waals surface area contributed by atoms with E-state index in [9.17, 15) is 0 Å². The van der Waals surface area contributed by atoms with Gasteiger partial charge in [-0.05, 0) is 107 Å². The van der Waals surface area contributed by atoms with Crippen molar-refractivity contribution in [1.82, 2.24) is 35.2 Å². The van der Waals surface area contributed by atoms with Crippen molar-refractivity contribution in [3.63, 3.8) is 0 Å². The van der Waals surface area contributed by atoms with Crippen LogP contribution in [0.15, 0.2) is 156 Å². The van der Waals surface area contributed by atoms with E-state index < -0.39 is 0 Å². The van der Waals surface area contributed by atoms with Gasteiger partial charge in [0.15, 0.2) is 0 Å². The van der Waals surface area contributed by atoms with Crippen molar-refractivity contribution >= 4 is 34.0 Å². The van der Waals surface area contributed by atoms with Crippen molar-refractivity contribution in [2.24, 2.45) is 4.99 Å². The number of halogens is 1. The largest absolute Gasteiger partial charge is 0.374 e. The van der Waals surface area contributed by atoms with Gasteiger partial charge in [0.05, 0.1) is 23.7 Å². The van der Waals surface area contributed by atoms with Gasteiger partial charge in [-0.1, -0.05) is 17.7 Å². The van der Waals surface area contributed by atoms with Crippen LogP contribution >= 0.6 is 11.6 Å². The number of allylic oxidation sites excluding steroid dienone is 2. The molecule has 9 rings (SSSR count). The van der Waals surface area contributed by atoms with Crippen LogP contribution in [0.3, 0.4) is 0 Å². The molecule has 1 radical (unpaired) electrons. The number of H-pyrrole nitrogens is 2. The molecule has 6 aromatic heterocycles. The van der Waals surface area contributed by atoms with Crippen LogP contribution in [0.2, 0.25) is 0 Å². The molecule has 3 aliphatic heterocycles. The molecule has 3 aliphatic rings. The van der Waals surface area contributed by atoms with E-state index in [1.165, 1.54) is 0 Å². The van der Waals surface area contributed by atoms with Gasteiger partial charge in [-0.15, -0.1) is 0 Å². The minimum absolute atomic E-state index is 0. The number of aromatic nitrogens is 6. The van der Waals surface area contributed by atoms with Gasteiger partial charge in [-0.3, -0.25) is 24.9 Å². The van der Waals surface area contributed by atoms with E-state index in [1.807, 2.05) is 91.8 Å². The fraction of sp³-hybridized carbons (Fsp3) is 0.0750. The SMILES string of the molecule is ClC1=CC2=NC1C(c1ccncc1)c1ccc([nH]1)/C(c1ccncc1)=C1/C=CC(N1)/C(c1ccncc1)=c1/cc/c([nH]1)=C/2c1ccncc1.[Mn]. The van der Waals surface area contributed by atoms with Crippen molar-refractivity contribution in [2.45, 2.75) is 18.0 Å². The quantitative estimate of drug-likeness (QED) is 0.213. The molecule has 0 aliphatic carbocycles. The zero-order valence-electron chi connectivity index (χ0n) is 26.5. The number of pyridine rings is 4. The third-order valence-corrected chi connectivity index (χ3v) is 9.64. The number of aromatic amines is 2. The van der Waals surface area contributed by atoms with Crippen LogP contribution in [0, 0.1) is 0 Å². The van der Waals surface area contributed by atoms with Crippen LogP contribution in [0.4, 0.5) is 0 Å². The van der Waals surface area contributed by atoms with Gasteiger partial charge < -0.3 is 15.3 Å². The number of aliphatic imine (C=N–C) groups is 1. The summed E-state index contributed by atoms with van der Waals surface area (Å²) in [5.74, 6) is -0.195. The maximum atomic E-state index is 7.21. The summed E-state index contributed by atoms with van der Waals surface area (Å²) in [7, 11) is 0. The molecule has 8 bridgehead atoms. The van der Waals surface area contributed by atoms with Gasteiger partial charge in [0.25, 0.3) is 0 Å². The molecule has 0 aromatic carbocycles. The number of rotatable bonds is 4. The second-order valence-electron chi connectivity index (χ2n) is 12.1. The summed E-state index contributed by atoms with van der Waals surface area (Å²) >= 11 is 7.21. The zero-order valence-corrected chi connectivity index (χ0v) is 28.4. The van der Waals surface area contributed by atoms with Crippen molar-refractivity contribution < 1.29 is 17.1 Å². The second kappa shape index (κ2) is 13.4. The van der Waals surface area contributed by atoms with Gasteiger partial charge in [0.2, 0.25) is 0 Å². The Morgan fingerprint density at radius 1 is 0.600 bits per heavy atom. The van der Waals surface area contributed by atoms with Gasteiger partial charge >= 0.3 is 0 Å². The molecule has 0 saturated heterocycles. The Bertz CT molecular complexity index is 2430. The van der Waals surface area contributed by atoms with Crippen LogP contribution in [0.25, 0.3) is 16.7 Å². The first-order chi connectivity index (χ1) is 24.2. The van der Waals surface area contributed by atoms with Gasteiger partial charge in [0.1, 0.15) is 0 Å². The number of hydrogen-bond acceptors (Lipinski definition) is 6. The van der Waals surface area contributed by atoms with E-state index in [0.717, 1.165) is 72.5 Å². The average molecular weight is 712 g/mol. The molecule has 3 N–H and O–H groups in total. The number of hydrogen-bond donors (Lipinski definition) is 3. The van der Waals surface area contributed by atoms with Crippen molar-refractivity contribution in [3.05, 3.63) is 196 Å². The minimum Gasteiger partial charge on any atom is -0.374 e. The van der Waals surface area contributed by atoms with Crippen LogP contribution in [0.1, 0.15) is 39.6 Å². The van der Waals surface area contributed by atoms with Crippen LogP contribution in [-0.4, -0.2) is 47.7 Å². The summed E-state index contributed by atoms with van der Waals surface area (Å²) in [6.45, 7) is 0. The summed E-state index contributed by atoms with van der Waals surface area (Å²) in [6.07, 6.45) is 21.0. The smallest absolute Gasteiger partial charge is 0.0985 e.